The Morgan fingerprint density at radius 2 is 1.95 bits per heavy atom. The van der Waals surface area contributed by atoms with Gasteiger partial charge >= 0.3 is 5.97 Å². The Hall–Kier alpha value is -4.46. The fourth-order valence-corrected chi connectivity index (χ4v) is 6.50. The minimum absolute atomic E-state index is 0.144. The van der Waals surface area contributed by atoms with E-state index in [0.717, 1.165) is 61.4 Å². The lowest BCUT2D eigenvalue weighted by Crippen LogP contribution is -2.35. The van der Waals surface area contributed by atoms with Gasteiger partial charge in [-0.15, -0.1) is 0 Å². The molecule has 0 bridgehead atoms. The summed E-state index contributed by atoms with van der Waals surface area (Å²) in [6.07, 6.45) is 2.99. The van der Waals surface area contributed by atoms with Crippen molar-refractivity contribution >= 4 is 22.7 Å². The predicted octanol–water partition coefficient (Wildman–Crippen LogP) is 6.33. The number of imidazole rings is 1. The van der Waals surface area contributed by atoms with Crippen molar-refractivity contribution in [3.63, 3.8) is 0 Å². The number of piperidine rings is 1. The third kappa shape index (κ3) is 5.06. The standard InChI is InChI=1S/C34H33FN4O5/c1-34(26-9-8-23(36-2)18-27(26)35)43-30-6-4-5-25(32(30)44-34)21-11-14-38(15-12-21)20-31-37-28-10-7-22(33(40)41-3)17-29(28)39(31)19-24-13-16-42-24/h4-10,17-18,21,24H,11-16,19-20H2,1,3H3/t24-,34?/m0/s1. The van der Waals surface area contributed by atoms with Crippen LogP contribution in [0.5, 0.6) is 11.5 Å². The predicted molar refractivity (Wildman–Crippen MR) is 160 cm³/mol. The molecule has 0 radical (unpaired) electrons. The Labute approximate surface area is 254 Å². The molecule has 3 aromatic carbocycles. The number of hydrogen-bond acceptors (Lipinski definition) is 7. The van der Waals surface area contributed by atoms with E-state index in [1.54, 1.807) is 25.1 Å². The molecule has 7 rings (SSSR count). The number of methoxy groups -OCH3 is 1. The number of nitrogens with zero attached hydrogens (tertiary/aromatic N) is 4. The van der Waals surface area contributed by atoms with E-state index in [-0.39, 0.29) is 29.2 Å². The van der Waals surface area contributed by atoms with E-state index in [1.165, 1.54) is 13.2 Å². The highest BCUT2D eigenvalue weighted by molar-refractivity contribution is 5.93. The average Bonchev–Trinajstić information content (AvgIpc) is 3.54. The molecule has 0 amide bonds. The van der Waals surface area contributed by atoms with E-state index in [4.69, 9.17) is 30.5 Å². The van der Waals surface area contributed by atoms with Gasteiger partial charge in [-0.3, -0.25) is 4.90 Å². The molecule has 9 nitrogen and oxygen atoms in total. The largest absolute Gasteiger partial charge is 0.465 e. The van der Waals surface area contributed by atoms with Gasteiger partial charge in [0.2, 0.25) is 0 Å². The van der Waals surface area contributed by atoms with Gasteiger partial charge in [-0.1, -0.05) is 24.3 Å². The number of esters is 1. The molecule has 10 heteroatoms. The van der Waals surface area contributed by atoms with Crippen LogP contribution in [0.1, 0.15) is 59.4 Å². The number of likely N-dealkylation sites (tertiary alicyclic amines) is 1. The summed E-state index contributed by atoms with van der Waals surface area (Å²) >= 11 is 0. The van der Waals surface area contributed by atoms with Crippen LogP contribution in [0.4, 0.5) is 10.1 Å². The fourth-order valence-electron chi connectivity index (χ4n) is 6.50. The number of fused-ring (bicyclic) bond motifs is 2. The lowest BCUT2D eigenvalue weighted by Gasteiger charge is -2.33. The Balaban J connectivity index is 1.08. The number of benzene rings is 3. The molecule has 0 spiro atoms. The number of aromatic nitrogens is 2. The molecule has 1 unspecified atom stereocenters. The number of ether oxygens (including phenoxy) is 4. The third-order valence-corrected chi connectivity index (χ3v) is 9.00. The molecular formula is C34H33FN4O5. The maximum Gasteiger partial charge on any atom is 0.337 e. The van der Waals surface area contributed by atoms with Crippen LogP contribution >= 0.6 is 0 Å². The van der Waals surface area contributed by atoms with Gasteiger partial charge in [0.05, 0.1) is 55.0 Å². The second-order valence-electron chi connectivity index (χ2n) is 11.8. The number of rotatable bonds is 7. The molecule has 4 aromatic rings. The summed E-state index contributed by atoms with van der Waals surface area (Å²) in [5, 5.41) is 0. The van der Waals surface area contributed by atoms with E-state index in [2.05, 4.69) is 20.4 Å². The van der Waals surface area contributed by atoms with Crippen molar-refractivity contribution in [3.05, 3.63) is 94.3 Å². The van der Waals surface area contributed by atoms with Crippen LogP contribution in [0.15, 0.2) is 54.6 Å². The van der Waals surface area contributed by atoms with Crippen molar-refractivity contribution in [3.8, 4) is 11.5 Å². The summed E-state index contributed by atoms with van der Waals surface area (Å²) in [6.45, 7) is 12.8. The number of hydrogen-bond donors (Lipinski definition) is 0. The van der Waals surface area contributed by atoms with Crippen LogP contribution < -0.4 is 9.47 Å². The molecule has 3 aliphatic heterocycles. The molecule has 2 saturated heterocycles. The van der Waals surface area contributed by atoms with Crippen LogP contribution in [0.3, 0.4) is 0 Å². The van der Waals surface area contributed by atoms with Crippen molar-refractivity contribution in [2.45, 2.75) is 57.1 Å². The zero-order valence-corrected chi connectivity index (χ0v) is 24.7. The van der Waals surface area contributed by atoms with Gasteiger partial charge < -0.3 is 23.5 Å². The van der Waals surface area contributed by atoms with Crippen LogP contribution in [0.25, 0.3) is 15.9 Å². The maximum absolute atomic E-state index is 15.0. The molecule has 2 fully saturated rings. The smallest absolute Gasteiger partial charge is 0.337 e. The fraction of sp³-hybridized carbons (Fsp3) is 0.382. The summed E-state index contributed by atoms with van der Waals surface area (Å²) in [7, 11) is 1.39. The summed E-state index contributed by atoms with van der Waals surface area (Å²) in [4.78, 5) is 22.9. The second kappa shape index (κ2) is 11.2. The van der Waals surface area contributed by atoms with Gasteiger partial charge in [-0.2, -0.15) is 0 Å². The first-order chi connectivity index (χ1) is 21.3. The number of halogens is 1. The van der Waals surface area contributed by atoms with Crippen LogP contribution in [-0.2, 0) is 28.4 Å². The molecule has 0 aliphatic carbocycles. The zero-order chi connectivity index (χ0) is 30.4. The summed E-state index contributed by atoms with van der Waals surface area (Å²) in [6, 6.07) is 15.7. The van der Waals surface area contributed by atoms with Crippen molar-refractivity contribution in [2.24, 2.45) is 0 Å². The normalized spacial score (nSPS) is 21.6. The highest BCUT2D eigenvalue weighted by atomic mass is 19.1. The topological polar surface area (TPSA) is 79.4 Å². The number of carbonyl (C=O) groups excluding carboxylic acids is 1. The molecule has 1 aromatic heterocycles. The second-order valence-corrected chi connectivity index (χ2v) is 11.8. The van der Waals surface area contributed by atoms with Gasteiger partial charge in [0, 0.05) is 19.1 Å². The monoisotopic (exact) mass is 596 g/mol. The van der Waals surface area contributed by atoms with Gasteiger partial charge in [0.25, 0.3) is 5.79 Å². The first kappa shape index (κ1) is 28.3. The average molecular weight is 597 g/mol. The van der Waals surface area contributed by atoms with Gasteiger partial charge in [0.1, 0.15) is 11.6 Å². The molecular weight excluding hydrogens is 563 g/mol. The molecule has 0 N–H and O–H groups in total. The molecule has 44 heavy (non-hydrogen) atoms. The molecule has 3 aliphatic rings. The van der Waals surface area contributed by atoms with E-state index in [9.17, 15) is 9.18 Å². The first-order valence-electron chi connectivity index (χ1n) is 14.9. The quantitative estimate of drug-likeness (QED) is 0.182. The zero-order valence-electron chi connectivity index (χ0n) is 24.7. The minimum Gasteiger partial charge on any atom is -0.465 e. The lowest BCUT2D eigenvalue weighted by molar-refractivity contribution is -0.0711. The summed E-state index contributed by atoms with van der Waals surface area (Å²) < 4.78 is 40.4. The van der Waals surface area contributed by atoms with E-state index < -0.39 is 11.6 Å². The van der Waals surface area contributed by atoms with Crippen molar-refractivity contribution in [1.82, 2.24) is 14.5 Å². The third-order valence-electron chi connectivity index (χ3n) is 9.00. The molecule has 2 atom stereocenters. The Morgan fingerprint density at radius 1 is 1.14 bits per heavy atom. The van der Waals surface area contributed by atoms with Crippen LogP contribution in [0, 0.1) is 12.4 Å². The van der Waals surface area contributed by atoms with Gasteiger partial charge in [-0.25, -0.2) is 19.0 Å². The molecule has 4 heterocycles. The van der Waals surface area contributed by atoms with E-state index in [1.807, 2.05) is 24.3 Å². The van der Waals surface area contributed by atoms with E-state index in [0.29, 0.717) is 30.2 Å². The van der Waals surface area contributed by atoms with Crippen LogP contribution in [0.2, 0.25) is 0 Å². The summed E-state index contributed by atoms with van der Waals surface area (Å²) in [5.41, 5.74) is 3.82. The lowest BCUT2D eigenvalue weighted by atomic mass is 9.88. The first-order valence-corrected chi connectivity index (χ1v) is 14.9. The van der Waals surface area contributed by atoms with Gasteiger partial charge in [0.15, 0.2) is 17.2 Å². The SMILES string of the molecule is [C-]#[N+]c1ccc(C2(C)Oc3cccc(C4CCN(Cc5nc6ccc(C(=O)OC)cc6n5C[C@@H]5CCO5)CC4)c3O2)c(F)c1. The minimum atomic E-state index is -1.32. The van der Waals surface area contributed by atoms with Crippen molar-refractivity contribution < 1.29 is 28.1 Å². The Morgan fingerprint density at radius 3 is 2.66 bits per heavy atom. The Kier molecular flexibility index (Phi) is 7.23. The molecule has 0 saturated carbocycles. The van der Waals surface area contributed by atoms with Gasteiger partial charge in [-0.05, 0) is 68.6 Å². The number of carbonyl (C=O) groups is 1. The maximum atomic E-state index is 15.0. The number of para-hydroxylation sites is 1. The highest BCUT2D eigenvalue weighted by Gasteiger charge is 2.43. The van der Waals surface area contributed by atoms with Crippen molar-refractivity contribution in [1.29, 1.82) is 0 Å². The highest BCUT2D eigenvalue weighted by Crippen LogP contribution is 2.50. The van der Waals surface area contributed by atoms with E-state index >= 15 is 0 Å². The summed E-state index contributed by atoms with van der Waals surface area (Å²) in [5.74, 6) is 0.251. The Bertz CT molecular complexity index is 1790. The molecule has 226 valence electrons. The van der Waals surface area contributed by atoms with Crippen LogP contribution in [-0.4, -0.2) is 53.3 Å². The van der Waals surface area contributed by atoms with Crippen molar-refractivity contribution in [2.75, 3.05) is 26.8 Å².